The highest BCUT2D eigenvalue weighted by Gasteiger charge is 2.21. The molecule has 1 atom stereocenters. The summed E-state index contributed by atoms with van der Waals surface area (Å²) < 4.78 is 7.43. The molecular formula is C17H27N7O. The van der Waals surface area contributed by atoms with Gasteiger partial charge in [-0.15, -0.1) is 10.2 Å². The van der Waals surface area contributed by atoms with Gasteiger partial charge in [0.25, 0.3) is 0 Å². The molecule has 0 spiro atoms. The van der Waals surface area contributed by atoms with Gasteiger partial charge in [0.05, 0.1) is 12.2 Å². The van der Waals surface area contributed by atoms with Crippen LogP contribution in [0.2, 0.25) is 0 Å². The number of aryl methyl sites for hydroxylation is 4. The number of aliphatic imine (C=N–C) groups is 1. The summed E-state index contributed by atoms with van der Waals surface area (Å²) in [5.74, 6) is 4.31. The summed E-state index contributed by atoms with van der Waals surface area (Å²) in [5, 5.41) is 19.2. The van der Waals surface area contributed by atoms with Crippen LogP contribution in [0.4, 0.5) is 0 Å². The van der Waals surface area contributed by atoms with Gasteiger partial charge in [-0.25, -0.2) is 4.99 Å². The van der Waals surface area contributed by atoms with Crippen molar-refractivity contribution in [3.8, 4) is 0 Å². The molecule has 0 saturated heterocycles. The second-order valence-electron chi connectivity index (χ2n) is 6.56. The Morgan fingerprint density at radius 3 is 2.84 bits per heavy atom. The highest BCUT2D eigenvalue weighted by atomic mass is 16.5. The first-order chi connectivity index (χ1) is 12.1. The number of nitrogens with one attached hydrogen (secondary N) is 2. The van der Waals surface area contributed by atoms with Crippen LogP contribution in [0.3, 0.4) is 0 Å². The Bertz CT molecular complexity index is 727. The molecular weight excluding hydrogens is 318 g/mol. The molecule has 0 aliphatic carbocycles. The molecule has 0 aromatic carbocycles. The van der Waals surface area contributed by atoms with E-state index in [9.17, 15) is 0 Å². The minimum atomic E-state index is 0.546. The number of guanidine groups is 1. The first kappa shape index (κ1) is 17.4. The summed E-state index contributed by atoms with van der Waals surface area (Å²) in [4.78, 5) is 4.68. The fraction of sp³-hybridized carbons (Fsp3) is 0.647. The number of hydrogen-bond acceptors (Lipinski definition) is 5. The van der Waals surface area contributed by atoms with Gasteiger partial charge < -0.3 is 19.7 Å². The van der Waals surface area contributed by atoms with Gasteiger partial charge in [-0.2, -0.15) is 0 Å². The van der Waals surface area contributed by atoms with Gasteiger partial charge in [-0.05, 0) is 40.0 Å². The highest BCUT2D eigenvalue weighted by molar-refractivity contribution is 5.79. The molecule has 3 rings (SSSR count). The largest absolute Gasteiger partial charge is 0.361 e. The van der Waals surface area contributed by atoms with Gasteiger partial charge in [-0.3, -0.25) is 0 Å². The normalized spacial score (nSPS) is 17.4. The molecule has 25 heavy (non-hydrogen) atoms. The monoisotopic (exact) mass is 345 g/mol. The maximum atomic E-state index is 5.20. The lowest BCUT2D eigenvalue weighted by molar-refractivity contribution is 0.358. The molecule has 2 aromatic rings. The number of rotatable bonds is 5. The average Bonchev–Trinajstić information content (AvgIpc) is 3.13. The van der Waals surface area contributed by atoms with E-state index in [0.717, 1.165) is 67.1 Å². The highest BCUT2D eigenvalue weighted by Crippen LogP contribution is 2.19. The van der Waals surface area contributed by atoms with Crippen LogP contribution in [0.25, 0.3) is 0 Å². The topological polar surface area (TPSA) is 93.2 Å². The maximum Gasteiger partial charge on any atom is 0.191 e. The summed E-state index contributed by atoms with van der Waals surface area (Å²) >= 11 is 0. The van der Waals surface area contributed by atoms with E-state index < -0.39 is 0 Å². The molecule has 1 aliphatic heterocycles. The van der Waals surface area contributed by atoms with Crippen LogP contribution in [0, 0.1) is 26.7 Å². The van der Waals surface area contributed by atoms with E-state index in [-0.39, 0.29) is 0 Å². The first-order valence-corrected chi connectivity index (χ1v) is 8.91. The molecule has 0 fully saturated rings. The van der Waals surface area contributed by atoms with Crippen LogP contribution < -0.4 is 10.6 Å². The van der Waals surface area contributed by atoms with Crippen molar-refractivity contribution in [2.75, 3.05) is 13.1 Å². The van der Waals surface area contributed by atoms with Crippen molar-refractivity contribution in [1.82, 2.24) is 30.6 Å². The Morgan fingerprint density at radius 2 is 2.12 bits per heavy atom. The molecule has 1 aliphatic rings. The maximum absolute atomic E-state index is 5.20. The summed E-state index contributed by atoms with van der Waals surface area (Å²) in [5.41, 5.74) is 1.96. The lowest BCUT2D eigenvalue weighted by Crippen LogP contribution is -2.41. The van der Waals surface area contributed by atoms with Gasteiger partial charge in [0.2, 0.25) is 0 Å². The van der Waals surface area contributed by atoms with E-state index in [1.165, 1.54) is 0 Å². The number of nitrogens with zero attached hydrogens (tertiary/aromatic N) is 5. The second kappa shape index (κ2) is 7.67. The first-order valence-electron chi connectivity index (χ1n) is 8.91. The minimum absolute atomic E-state index is 0.546. The van der Waals surface area contributed by atoms with Gasteiger partial charge in [0.1, 0.15) is 17.4 Å². The fourth-order valence-corrected chi connectivity index (χ4v) is 3.17. The predicted octanol–water partition coefficient (Wildman–Crippen LogP) is 1.51. The fourth-order valence-electron chi connectivity index (χ4n) is 3.17. The SMILES string of the molecule is CCNC(=NCc1c(C)noc1C)NCC1CCc2nnc(C)n2C1. The molecule has 0 bridgehead atoms. The number of hydrogen-bond donors (Lipinski definition) is 2. The van der Waals surface area contributed by atoms with Crippen molar-refractivity contribution in [1.29, 1.82) is 0 Å². The third-order valence-corrected chi connectivity index (χ3v) is 4.71. The van der Waals surface area contributed by atoms with Crippen LogP contribution in [-0.4, -0.2) is 39.0 Å². The van der Waals surface area contributed by atoms with Crippen LogP contribution in [0.1, 0.15) is 42.0 Å². The van der Waals surface area contributed by atoms with E-state index in [4.69, 9.17) is 4.52 Å². The van der Waals surface area contributed by atoms with Crippen molar-refractivity contribution in [3.05, 3.63) is 28.7 Å². The summed E-state index contributed by atoms with van der Waals surface area (Å²) in [6.45, 7) is 11.2. The van der Waals surface area contributed by atoms with Gasteiger partial charge in [0, 0.05) is 31.6 Å². The van der Waals surface area contributed by atoms with Crippen molar-refractivity contribution >= 4 is 5.96 Å². The second-order valence-corrected chi connectivity index (χ2v) is 6.56. The molecule has 1 unspecified atom stereocenters. The Kier molecular flexibility index (Phi) is 5.35. The van der Waals surface area contributed by atoms with Crippen molar-refractivity contribution < 1.29 is 4.52 Å². The van der Waals surface area contributed by atoms with Crippen molar-refractivity contribution in [2.24, 2.45) is 10.9 Å². The van der Waals surface area contributed by atoms with E-state index in [0.29, 0.717) is 12.5 Å². The van der Waals surface area contributed by atoms with E-state index in [1.807, 2.05) is 20.8 Å². The van der Waals surface area contributed by atoms with E-state index in [1.54, 1.807) is 0 Å². The summed E-state index contributed by atoms with van der Waals surface area (Å²) in [6, 6.07) is 0. The van der Waals surface area contributed by atoms with Crippen LogP contribution in [-0.2, 0) is 19.5 Å². The Balaban J connectivity index is 1.59. The molecule has 2 N–H and O–H groups in total. The van der Waals surface area contributed by atoms with E-state index in [2.05, 4.69) is 42.5 Å². The van der Waals surface area contributed by atoms with Crippen LogP contribution in [0.5, 0.6) is 0 Å². The molecule has 2 aromatic heterocycles. The third-order valence-electron chi connectivity index (χ3n) is 4.71. The van der Waals surface area contributed by atoms with Gasteiger partial charge >= 0.3 is 0 Å². The van der Waals surface area contributed by atoms with Crippen LogP contribution >= 0.6 is 0 Å². The minimum Gasteiger partial charge on any atom is -0.361 e. The Labute approximate surface area is 148 Å². The third kappa shape index (κ3) is 4.00. The molecule has 0 radical (unpaired) electrons. The molecule has 136 valence electrons. The predicted molar refractivity (Wildman–Crippen MR) is 95.4 cm³/mol. The van der Waals surface area contributed by atoms with E-state index >= 15 is 0 Å². The molecule has 0 saturated carbocycles. The molecule has 8 heteroatoms. The summed E-state index contributed by atoms with van der Waals surface area (Å²) in [7, 11) is 0. The quantitative estimate of drug-likeness (QED) is 0.630. The smallest absolute Gasteiger partial charge is 0.191 e. The molecule has 3 heterocycles. The number of aromatic nitrogens is 4. The lowest BCUT2D eigenvalue weighted by atomic mass is 9.99. The zero-order chi connectivity index (χ0) is 17.8. The average molecular weight is 345 g/mol. The zero-order valence-electron chi connectivity index (χ0n) is 15.5. The Hall–Kier alpha value is -2.38. The van der Waals surface area contributed by atoms with Gasteiger partial charge in [-0.1, -0.05) is 5.16 Å². The van der Waals surface area contributed by atoms with Crippen LogP contribution in [0.15, 0.2) is 9.52 Å². The van der Waals surface area contributed by atoms with Gasteiger partial charge in [0.15, 0.2) is 5.96 Å². The van der Waals surface area contributed by atoms with Crippen molar-refractivity contribution in [3.63, 3.8) is 0 Å². The Morgan fingerprint density at radius 1 is 1.28 bits per heavy atom. The zero-order valence-corrected chi connectivity index (χ0v) is 15.5. The summed E-state index contributed by atoms with van der Waals surface area (Å²) in [6.07, 6.45) is 2.11. The molecule has 0 amide bonds. The van der Waals surface area contributed by atoms with Crippen molar-refractivity contribution in [2.45, 2.75) is 53.6 Å². The number of fused-ring (bicyclic) bond motifs is 1. The standard InChI is InChI=1S/C17H27N7O/c1-5-18-17(20-9-15-11(2)23-25-12(15)3)19-8-14-6-7-16-22-21-13(4)24(16)10-14/h14H,5-10H2,1-4H3,(H2,18,19,20). The molecule has 8 nitrogen and oxygen atoms in total. The lowest BCUT2D eigenvalue weighted by Gasteiger charge is -2.25.